The average molecular weight is 131 g/mol. The van der Waals surface area contributed by atoms with E-state index >= 15 is 0 Å². The van der Waals surface area contributed by atoms with Crippen molar-refractivity contribution in [2.75, 3.05) is 0 Å². The van der Waals surface area contributed by atoms with Gasteiger partial charge in [0.05, 0.1) is 6.04 Å². The van der Waals surface area contributed by atoms with Gasteiger partial charge in [0.2, 0.25) is 0 Å². The van der Waals surface area contributed by atoms with Crippen LogP contribution < -0.4 is 0 Å². The predicted molar refractivity (Wildman–Crippen MR) is 34.9 cm³/mol. The summed E-state index contributed by atoms with van der Waals surface area (Å²) in [6.45, 7) is 1.96. The standard InChI is InChI=1S/C5H9NOS/c1-4-2-3-5(8)6(4)7/h4,7H,2-3H2,1H3/t4-/m0/s1. The molecule has 0 aromatic rings. The first kappa shape index (κ1) is 5.98. The van der Waals surface area contributed by atoms with Crippen LogP contribution in [0.25, 0.3) is 0 Å². The second-order valence-electron chi connectivity index (χ2n) is 2.13. The zero-order valence-electron chi connectivity index (χ0n) is 4.79. The summed E-state index contributed by atoms with van der Waals surface area (Å²) in [7, 11) is 0. The molecule has 8 heavy (non-hydrogen) atoms. The molecule has 0 bridgehead atoms. The van der Waals surface area contributed by atoms with Crippen LogP contribution in [-0.4, -0.2) is 21.3 Å². The smallest absolute Gasteiger partial charge is 0.104 e. The van der Waals surface area contributed by atoms with Crippen molar-refractivity contribution in [1.82, 2.24) is 5.06 Å². The minimum Gasteiger partial charge on any atom is -0.288 e. The highest BCUT2D eigenvalue weighted by atomic mass is 32.1. The Morgan fingerprint density at radius 1 is 1.88 bits per heavy atom. The van der Waals surface area contributed by atoms with E-state index in [2.05, 4.69) is 0 Å². The average Bonchev–Trinajstić information content (AvgIpc) is 1.98. The van der Waals surface area contributed by atoms with Gasteiger partial charge < -0.3 is 0 Å². The molecule has 0 aliphatic carbocycles. The highest BCUT2D eigenvalue weighted by Crippen LogP contribution is 2.15. The Morgan fingerprint density at radius 2 is 2.50 bits per heavy atom. The summed E-state index contributed by atoms with van der Waals surface area (Å²) >= 11 is 4.79. The molecule has 0 aromatic carbocycles. The van der Waals surface area contributed by atoms with Crippen LogP contribution in [0, 0.1) is 0 Å². The maximum atomic E-state index is 8.96. The minimum absolute atomic E-state index is 0.238. The minimum atomic E-state index is 0.238. The van der Waals surface area contributed by atoms with E-state index < -0.39 is 0 Å². The summed E-state index contributed by atoms with van der Waals surface area (Å²) in [6.07, 6.45) is 1.86. The third-order valence-electron chi connectivity index (χ3n) is 1.45. The van der Waals surface area contributed by atoms with Crippen LogP contribution in [0.5, 0.6) is 0 Å². The molecule has 0 spiro atoms. The quantitative estimate of drug-likeness (QED) is 0.499. The largest absolute Gasteiger partial charge is 0.288 e. The van der Waals surface area contributed by atoms with Crippen LogP contribution in [0.4, 0.5) is 0 Å². The molecule has 0 radical (unpaired) electrons. The van der Waals surface area contributed by atoms with E-state index in [9.17, 15) is 0 Å². The number of hydroxylamine groups is 2. The normalized spacial score (nSPS) is 29.5. The maximum absolute atomic E-state index is 8.96. The summed E-state index contributed by atoms with van der Waals surface area (Å²) in [5.41, 5.74) is 0. The third-order valence-corrected chi connectivity index (χ3v) is 1.84. The second kappa shape index (κ2) is 1.99. The number of hydrogen-bond acceptors (Lipinski definition) is 2. The van der Waals surface area contributed by atoms with Gasteiger partial charge in [0.1, 0.15) is 4.99 Å². The molecule has 2 nitrogen and oxygen atoms in total. The van der Waals surface area contributed by atoms with Gasteiger partial charge in [-0.1, -0.05) is 12.2 Å². The molecule has 0 unspecified atom stereocenters. The third kappa shape index (κ3) is 0.833. The van der Waals surface area contributed by atoms with Crippen LogP contribution in [-0.2, 0) is 0 Å². The zero-order chi connectivity index (χ0) is 6.15. The van der Waals surface area contributed by atoms with Gasteiger partial charge in [0.15, 0.2) is 0 Å². The van der Waals surface area contributed by atoms with Gasteiger partial charge in [0.25, 0.3) is 0 Å². The summed E-state index contributed by atoms with van der Waals surface area (Å²) in [5, 5.41) is 10.1. The Balaban J connectivity index is 2.56. The van der Waals surface area contributed by atoms with Crippen LogP contribution in [0.3, 0.4) is 0 Å². The Bertz CT molecular complexity index is 115. The first-order chi connectivity index (χ1) is 3.72. The van der Waals surface area contributed by atoms with Gasteiger partial charge in [-0.05, 0) is 13.3 Å². The molecule has 1 saturated heterocycles. The van der Waals surface area contributed by atoms with Crippen LogP contribution in [0.2, 0.25) is 0 Å². The zero-order valence-corrected chi connectivity index (χ0v) is 5.61. The fourth-order valence-electron chi connectivity index (χ4n) is 0.815. The fraction of sp³-hybridized carbons (Fsp3) is 0.800. The van der Waals surface area contributed by atoms with Crippen molar-refractivity contribution in [3.05, 3.63) is 0 Å². The highest BCUT2D eigenvalue weighted by Gasteiger charge is 2.21. The summed E-state index contributed by atoms with van der Waals surface area (Å²) in [6, 6.07) is 0.238. The first-order valence-electron chi connectivity index (χ1n) is 2.73. The Kier molecular flexibility index (Phi) is 1.49. The molecule has 1 atom stereocenters. The molecule has 3 heteroatoms. The van der Waals surface area contributed by atoms with Crippen molar-refractivity contribution in [2.45, 2.75) is 25.8 Å². The van der Waals surface area contributed by atoms with Crippen molar-refractivity contribution in [1.29, 1.82) is 0 Å². The van der Waals surface area contributed by atoms with Gasteiger partial charge in [0, 0.05) is 6.42 Å². The number of rotatable bonds is 0. The molecule has 46 valence electrons. The van der Waals surface area contributed by atoms with Gasteiger partial charge in [-0.25, -0.2) is 5.06 Å². The van der Waals surface area contributed by atoms with E-state index in [1.165, 1.54) is 5.06 Å². The van der Waals surface area contributed by atoms with Crippen molar-refractivity contribution < 1.29 is 5.21 Å². The van der Waals surface area contributed by atoms with Crippen molar-refractivity contribution in [2.24, 2.45) is 0 Å². The van der Waals surface area contributed by atoms with Gasteiger partial charge in [-0.3, -0.25) is 5.21 Å². The lowest BCUT2D eigenvalue weighted by Crippen LogP contribution is -2.25. The topological polar surface area (TPSA) is 23.5 Å². The van der Waals surface area contributed by atoms with E-state index in [-0.39, 0.29) is 6.04 Å². The second-order valence-corrected chi connectivity index (χ2v) is 2.60. The molecular formula is C5H9NOS. The summed E-state index contributed by atoms with van der Waals surface area (Å²) in [4.78, 5) is 0.678. The Hall–Kier alpha value is -0.150. The predicted octanol–water partition coefficient (Wildman–Crippen LogP) is 1.19. The van der Waals surface area contributed by atoms with E-state index in [0.717, 1.165) is 12.8 Å². The number of thiocarbonyl (C=S) groups is 1. The fourth-order valence-corrected chi connectivity index (χ4v) is 1.11. The van der Waals surface area contributed by atoms with E-state index in [4.69, 9.17) is 17.4 Å². The van der Waals surface area contributed by atoms with E-state index in [1.54, 1.807) is 0 Å². The maximum Gasteiger partial charge on any atom is 0.104 e. The first-order valence-corrected chi connectivity index (χ1v) is 3.13. The molecule has 1 N–H and O–H groups in total. The van der Waals surface area contributed by atoms with Gasteiger partial charge >= 0.3 is 0 Å². The Morgan fingerprint density at radius 3 is 2.62 bits per heavy atom. The molecule has 1 heterocycles. The van der Waals surface area contributed by atoms with Crippen molar-refractivity contribution >= 4 is 17.2 Å². The molecule has 0 aromatic heterocycles. The van der Waals surface area contributed by atoms with E-state index in [0.29, 0.717) is 4.99 Å². The molecule has 1 aliphatic rings. The molecule has 1 rings (SSSR count). The van der Waals surface area contributed by atoms with Gasteiger partial charge in [-0.2, -0.15) is 0 Å². The van der Waals surface area contributed by atoms with Gasteiger partial charge in [-0.15, -0.1) is 0 Å². The lowest BCUT2D eigenvalue weighted by molar-refractivity contribution is -0.0333. The summed E-state index contributed by atoms with van der Waals surface area (Å²) in [5.74, 6) is 0. The molecular weight excluding hydrogens is 122 g/mol. The van der Waals surface area contributed by atoms with Crippen LogP contribution >= 0.6 is 12.2 Å². The van der Waals surface area contributed by atoms with E-state index in [1.807, 2.05) is 6.92 Å². The van der Waals surface area contributed by atoms with Crippen molar-refractivity contribution in [3.63, 3.8) is 0 Å². The molecule has 0 amide bonds. The summed E-state index contributed by atoms with van der Waals surface area (Å²) < 4.78 is 0. The monoisotopic (exact) mass is 131 g/mol. The molecule has 1 fully saturated rings. The van der Waals surface area contributed by atoms with Crippen molar-refractivity contribution in [3.8, 4) is 0 Å². The number of hydrogen-bond donors (Lipinski definition) is 1. The molecule has 0 saturated carbocycles. The highest BCUT2D eigenvalue weighted by molar-refractivity contribution is 7.80. The van der Waals surface area contributed by atoms with Crippen LogP contribution in [0.1, 0.15) is 19.8 Å². The molecule has 1 aliphatic heterocycles. The van der Waals surface area contributed by atoms with Crippen LogP contribution in [0.15, 0.2) is 0 Å². The number of nitrogens with zero attached hydrogens (tertiary/aromatic N) is 1. The SMILES string of the molecule is C[C@H]1CCC(=S)N1O. The lowest BCUT2D eigenvalue weighted by atomic mass is 10.3. The Labute approximate surface area is 54.1 Å². The lowest BCUT2D eigenvalue weighted by Gasteiger charge is -2.12.